The highest BCUT2D eigenvalue weighted by Gasteiger charge is 2.34. The number of amides is 1. The van der Waals surface area contributed by atoms with Crippen LogP contribution in [-0.4, -0.2) is 14.3 Å². The molecule has 0 saturated carbocycles. The lowest BCUT2D eigenvalue weighted by atomic mass is 10.1. The van der Waals surface area contributed by atoms with Crippen LogP contribution in [0.1, 0.15) is 27.0 Å². The molecule has 0 aliphatic carbocycles. The molecule has 1 aromatic heterocycles. The van der Waals surface area contributed by atoms with Crippen molar-refractivity contribution in [3.8, 4) is 0 Å². The molecule has 4 aromatic rings. The standard InChI is InChI=1S/C25H21NO5S/c1-16-11-13-20(14-12-16)32(29,30)26(22-9-6-7-17(2)18(22)3)24(27)21-15-19-8-4-5-10-23(19)31-25(21)28/h4-15H,1-3H3. The summed E-state index contributed by atoms with van der Waals surface area (Å²) in [6, 6.07) is 19.3. The number of aryl methyl sites for hydroxylation is 2. The maximum atomic E-state index is 13.7. The molecule has 3 aromatic carbocycles. The van der Waals surface area contributed by atoms with Gasteiger partial charge in [0.25, 0.3) is 15.9 Å². The summed E-state index contributed by atoms with van der Waals surface area (Å²) in [6.07, 6.45) is 0. The number of para-hydroxylation sites is 1. The molecule has 4 rings (SSSR count). The lowest BCUT2D eigenvalue weighted by Gasteiger charge is -2.24. The molecule has 1 amide bonds. The van der Waals surface area contributed by atoms with Gasteiger partial charge in [0.05, 0.1) is 10.6 Å². The van der Waals surface area contributed by atoms with Crippen molar-refractivity contribution in [2.45, 2.75) is 25.7 Å². The summed E-state index contributed by atoms with van der Waals surface area (Å²) in [6.45, 7) is 5.40. The minimum atomic E-state index is -4.32. The van der Waals surface area contributed by atoms with E-state index in [4.69, 9.17) is 4.42 Å². The van der Waals surface area contributed by atoms with Crippen LogP contribution in [0.5, 0.6) is 0 Å². The molecular formula is C25H21NO5S. The van der Waals surface area contributed by atoms with E-state index >= 15 is 0 Å². The summed E-state index contributed by atoms with van der Waals surface area (Å²) in [4.78, 5) is 26.3. The summed E-state index contributed by atoms with van der Waals surface area (Å²) in [5, 5.41) is 0.518. The average Bonchev–Trinajstić information content (AvgIpc) is 2.76. The SMILES string of the molecule is Cc1ccc(S(=O)(=O)N(C(=O)c2cc3ccccc3oc2=O)c2cccc(C)c2C)cc1. The molecule has 0 atom stereocenters. The van der Waals surface area contributed by atoms with Gasteiger partial charge in [0.1, 0.15) is 11.1 Å². The largest absolute Gasteiger partial charge is 0.422 e. The van der Waals surface area contributed by atoms with Gasteiger partial charge in [-0.25, -0.2) is 13.2 Å². The van der Waals surface area contributed by atoms with Crippen LogP contribution in [0.4, 0.5) is 5.69 Å². The molecule has 162 valence electrons. The molecule has 0 saturated heterocycles. The number of benzene rings is 3. The summed E-state index contributed by atoms with van der Waals surface area (Å²) in [7, 11) is -4.32. The van der Waals surface area contributed by atoms with Crippen molar-refractivity contribution < 1.29 is 17.6 Å². The number of nitrogens with zero attached hydrogens (tertiary/aromatic N) is 1. The molecule has 32 heavy (non-hydrogen) atoms. The van der Waals surface area contributed by atoms with Gasteiger partial charge in [0.2, 0.25) is 0 Å². The molecule has 0 fully saturated rings. The molecule has 0 radical (unpaired) electrons. The fourth-order valence-corrected chi connectivity index (χ4v) is 4.90. The Hall–Kier alpha value is -3.71. The van der Waals surface area contributed by atoms with Crippen LogP contribution in [0, 0.1) is 20.8 Å². The molecule has 7 heteroatoms. The van der Waals surface area contributed by atoms with Gasteiger partial charge >= 0.3 is 5.63 Å². The Kier molecular flexibility index (Phi) is 5.44. The highest BCUT2D eigenvalue weighted by Crippen LogP contribution is 2.30. The number of hydrogen-bond donors (Lipinski definition) is 0. The minimum absolute atomic E-state index is 0.0532. The Morgan fingerprint density at radius 2 is 1.56 bits per heavy atom. The zero-order valence-electron chi connectivity index (χ0n) is 17.8. The lowest BCUT2D eigenvalue weighted by Crippen LogP contribution is -2.39. The Bertz CT molecular complexity index is 1500. The average molecular weight is 448 g/mol. The second kappa shape index (κ2) is 8.09. The Balaban J connectivity index is 1.97. The number of rotatable bonds is 4. The van der Waals surface area contributed by atoms with E-state index < -0.39 is 21.6 Å². The minimum Gasteiger partial charge on any atom is -0.422 e. The summed E-state index contributed by atoms with van der Waals surface area (Å²) in [5.41, 5.74) is 1.54. The van der Waals surface area contributed by atoms with Crippen molar-refractivity contribution in [3.05, 3.63) is 105 Å². The van der Waals surface area contributed by atoms with E-state index in [2.05, 4.69) is 0 Å². The number of sulfonamides is 1. The summed E-state index contributed by atoms with van der Waals surface area (Å²) < 4.78 is 33.3. The van der Waals surface area contributed by atoms with Gasteiger partial charge in [-0.15, -0.1) is 0 Å². The highest BCUT2D eigenvalue weighted by molar-refractivity contribution is 7.93. The second-order valence-corrected chi connectivity index (χ2v) is 9.38. The van der Waals surface area contributed by atoms with Gasteiger partial charge in [0.15, 0.2) is 0 Å². The third kappa shape index (κ3) is 3.71. The van der Waals surface area contributed by atoms with E-state index in [1.807, 2.05) is 19.9 Å². The molecule has 0 bridgehead atoms. The van der Waals surface area contributed by atoms with E-state index in [1.54, 1.807) is 55.5 Å². The summed E-state index contributed by atoms with van der Waals surface area (Å²) in [5.74, 6) is -0.973. The number of hydrogen-bond acceptors (Lipinski definition) is 5. The van der Waals surface area contributed by atoms with Gasteiger partial charge in [-0.3, -0.25) is 4.79 Å². The fourth-order valence-electron chi connectivity index (χ4n) is 3.44. The van der Waals surface area contributed by atoms with E-state index in [-0.39, 0.29) is 16.1 Å². The van der Waals surface area contributed by atoms with Crippen molar-refractivity contribution in [2.24, 2.45) is 0 Å². The predicted molar refractivity (Wildman–Crippen MR) is 124 cm³/mol. The number of carbonyl (C=O) groups excluding carboxylic acids is 1. The maximum Gasteiger partial charge on any atom is 0.349 e. The fraction of sp³-hybridized carbons (Fsp3) is 0.120. The number of fused-ring (bicyclic) bond motifs is 1. The molecule has 0 unspecified atom stereocenters. The normalized spacial score (nSPS) is 11.5. The first kappa shape index (κ1) is 21.5. The first-order chi connectivity index (χ1) is 15.2. The molecule has 0 spiro atoms. The van der Waals surface area contributed by atoms with E-state index in [0.29, 0.717) is 20.8 Å². The number of carbonyl (C=O) groups is 1. The Morgan fingerprint density at radius 3 is 2.28 bits per heavy atom. The first-order valence-electron chi connectivity index (χ1n) is 9.95. The highest BCUT2D eigenvalue weighted by atomic mass is 32.2. The first-order valence-corrected chi connectivity index (χ1v) is 11.4. The van der Waals surface area contributed by atoms with Gasteiger partial charge in [0, 0.05) is 5.39 Å². The molecule has 6 nitrogen and oxygen atoms in total. The van der Waals surface area contributed by atoms with Crippen LogP contribution in [0.15, 0.2) is 86.9 Å². The van der Waals surface area contributed by atoms with Crippen LogP contribution in [0.3, 0.4) is 0 Å². The Morgan fingerprint density at radius 1 is 0.875 bits per heavy atom. The van der Waals surface area contributed by atoms with Crippen LogP contribution in [0.2, 0.25) is 0 Å². The quantitative estimate of drug-likeness (QED) is 0.421. The van der Waals surface area contributed by atoms with Crippen molar-refractivity contribution in [2.75, 3.05) is 4.31 Å². The Labute approximate surface area is 185 Å². The third-order valence-electron chi connectivity index (χ3n) is 5.41. The van der Waals surface area contributed by atoms with Crippen molar-refractivity contribution in [3.63, 3.8) is 0 Å². The number of anilines is 1. The molecule has 0 aliphatic rings. The van der Waals surface area contributed by atoms with Gasteiger partial charge in [-0.05, 0) is 62.2 Å². The van der Waals surface area contributed by atoms with Gasteiger partial charge in [-0.1, -0.05) is 48.0 Å². The third-order valence-corrected chi connectivity index (χ3v) is 7.12. The molecule has 0 aliphatic heterocycles. The smallest absolute Gasteiger partial charge is 0.349 e. The topological polar surface area (TPSA) is 84.7 Å². The lowest BCUT2D eigenvalue weighted by molar-refractivity contribution is 0.100. The molecule has 1 heterocycles. The van der Waals surface area contributed by atoms with Crippen LogP contribution < -0.4 is 9.93 Å². The van der Waals surface area contributed by atoms with Crippen molar-refractivity contribution in [1.29, 1.82) is 0 Å². The van der Waals surface area contributed by atoms with Crippen LogP contribution in [0.25, 0.3) is 11.0 Å². The van der Waals surface area contributed by atoms with Crippen LogP contribution >= 0.6 is 0 Å². The maximum absolute atomic E-state index is 13.7. The van der Waals surface area contributed by atoms with Gasteiger partial charge in [-0.2, -0.15) is 4.31 Å². The molecular weight excluding hydrogens is 426 g/mol. The predicted octanol–water partition coefficient (Wildman–Crippen LogP) is 4.75. The van der Waals surface area contributed by atoms with E-state index in [9.17, 15) is 18.0 Å². The van der Waals surface area contributed by atoms with Crippen molar-refractivity contribution in [1.82, 2.24) is 0 Å². The van der Waals surface area contributed by atoms with Crippen molar-refractivity contribution >= 4 is 32.6 Å². The monoisotopic (exact) mass is 447 g/mol. The zero-order valence-corrected chi connectivity index (χ0v) is 18.6. The van der Waals surface area contributed by atoms with E-state index in [1.165, 1.54) is 18.2 Å². The molecule has 0 N–H and O–H groups in total. The summed E-state index contributed by atoms with van der Waals surface area (Å²) >= 11 is 0. The van der Waals surface area contributed by atoms with E-state index in [0.717, 1.165) is 11.1 Å². The second-order valence-electron chi connectivity index (χ2n) is 7.59. The van der Waals surface area contributed by atoms with Crippen LogP contribution in [-0.2, 0) is 10.0 Å². The van der Waals surface area contributed by atoms with Gasteiger partial charge < -0.3 is 4.42 Å². The zero-order chi connectivity index (χ0) is 23.0.